The molecule has 0 aliphatic carbocycles. The molecule has 0 aromatic heterocycles. The zero-order valence-corrected chi connectivity index (χ0v) is 30.8. The van der Waals surface area contributed by atoms with E-state index in [1.54, 1.807) is 0 Å². The van der Waals surface area contributed by atoms with Gasteiger partial charge in [-0.15, -0.1) is 0 Å². The standard InChI is InChI=1S/C54H38N2/c1-5-19-39(20-6-1)55(40-21-7-2-8-22-40)53-37-35-49(45-29-15-17-31-51(45)53)47-33-34-48(44-28-14-13-27-43(44)47)50-36-38-54(52-32-18-16-30-46(50)52)56(41-23-9-3-10-24-41)42-25-11-4-12-26-42/h1-38H. The fourth-order valence-electron chi connectivity index (χ4n) is 8.36. The second-order valence-electron chi connectivity index (χ2n) is 14.1. The van der Waals surface area contributed by atoms with Crippen molar-refractivity contribution in [1.29, 1.82) is 0 Å². The Morgan fingerprint density at radius 2 is 0.393 bits per heavy atom. The van der Waals surface area contributed by atoms with Crippen LogP contribution in [0.3, 0.4) is 0 Å². The normalized spacial score (nSPS) is 11.2. The predicted octanol–water partition coefficient (Wildman–Crippen LogP) is 15.4. The number of nitrogens with zero attached hydrogens (tertiary/aromatic N) is 2. The van der Waals surface area contributed by atoms with Crippen molar-refractivity contribution in [3.05, 3.63) is 231 Å². The van der Waals surface area contributed by atoms with E-state index >= 15 is 0 Å². The van der Waals surface area contributed by atoms with Crippen LogP contribution in [0, 0.1) is 0 Å². The Morgan fingerprint density at radius 1 is 0.179 bits per heavy atom. The van der Waals surface area contributed by atoms with Gasteiger partial charge in [0.25, 0.3) is 0 Å². The number of fused-ring (bicyclic) bond motifs is 3. The summed E-state index contributed by atoms with van der Waals surface area (Å²) in [6, 6.07) is 83.0. The Balaban J connectivity index is 1.14. The number of anilines is 6. The van der Waals surface area contributed by atoms with Gasteiger partial charge in [-0.2, -0.15) is 0 Å². The molecule has 0 saturated carbocycles. The Hall–Kier alpha value is -7.42. The first-order valence-electron chi connectivity index (χ1n) is 19.2. The van der Waals surface area contributed by atoms with Crippen LogP contribution in [0.4, 0.5) is 34.1 Å². The van der Waals surface area contributed by atoms with Crippen molar-refractivity contribution in [2.75, 3.05) is 9.80 Å². The third-order valence-electron chi connectivity index (χ3n) is 10.8. The molecule has 0 aliphatic rings. The van der Waals surface area contributed by atoms with Crippen molar-refractivity contribution in [1.82, 2.24) is 0 Å². The van der Waals surface area contributed by atoms with E-state index in [4.69, 9.17) is 0 Å². The molecule has 10 rings (SSSR count). The van der Waals surface area contributed by atoms with Crippen LogP contribution >= 0.6 is 0 Å². The molecule has 0 radical (unpaired) electrons. The molecule has 0 atom stereocenters. The van der Waals surface area contributed by atoms with Crippen LogP contribution in [0.25, 0.3) is 54.6 Å². The first-order chi connectivity index (χ1) is 27.8. The van der Waals surface area contributed by atoms with Gasteiger partial charge in [0, 0.05) is 33.5 Å². The molecular weight excluding hydrogens is 677 g/mol. The minimum Gasteiger partial charge on any atom is -0.310 e. The van der Waals surface area contributed by atoms with Crippen LogP contribution in [-0.2, 0) is 0 Å². The third kappa shape index (κ3) is 5.85. The summed E-state index contributed by atoms with van der Waals surface area (Å²) in [5, 5.41) is 7.30. The van der Waals surface area contributed by atoms with Crippen LogP contribution < -0.4 is 9.80 Å². The van der Waals surface area contributed by atoms with Gasteiger partial charge in [-0.1, -0.05) is 170 Å². The maximum atomic E-state index is 2.36. The van der Waals surface area contributed by atoms with Crippen LogP contribution in [0.5, 0.6) is 0 Å². The van der Waals surface area contributed by atoms with Crippen molar-refractivity contribution in [2.45, 2.75) is 0 Å². The highest BCUT2D eigenvalue weighted by Gasteiger charge is 2.20. The molecule has 0 aliphatic heterocycles. The number of hydrogen-bond acceptors (Lipinski definition) is 2. The molecule has 0 bridgehead atoms. The average Bonchev–Trinajstić information content (AvgIpc) is 3.28. The predicted molar refractivity (Wildman–Crippen MR) is 239 cm³/mol. The molecule has 0 spiro atoms. The lowest BCUT2D eigenvalue weighted by Gasteiger charge is -2.28. The lowest BCUT2D eigenvalue weighted by atomic mass is 9.88. The third-order valence-corrected chi connectivity index (χ3v) is 10.8. The van der Waals surface area contributed by atoms with E-state index in [9.17, 15) is 0 Å². The summed E-state index contributed by atoms with van der Waals surface area (Å²) in [6.07, 6.45) is 0. The van der Waals surface area contributed by atoms with Crippen LogP contribution in [0.2, 0.25) is 0 Å². The molecule has 0 saturated heterocycles. The molecule has 10 aromatic carbocycles. The molecular formula is C54H38N2. The fraction of sp³-hybridized carbons (Fsp3) is 0. The van der Waals surface area contributed by atoms with Crippen LogP contribution in [0.15, 0.2) is 231 Å². The van der Waals surface area contributed by atoms with E-state index in [1.807, 2.05) is 0 Å². The van der Waals surface area contributed by atoms with Gasteiger partial charge in [-0.25, -0.2) is 0 Å². The molecule has 10 aromatic rings. The van der Waals surface area contributed by atoms with Crippen LogP contribution in [-0.4, -0.2) is 0 Å². The lowest BCUT2D eigenvalue weighted by molar-refractivity contribution is 1.30. The van der Waals surface area contributed by atoms with Gasteiger partial charge in [-0.05, 0) is 104 Å². The largest absolute Gasteiger partial charge is 0.310 e. The zero-order chi connectivity index (χ0) is 37.3. The highest BCUT2D eigenvalue weighted by molar-refractivity contribution is 6.15. The van der Waals surface area contributed by atoms with Crippen LogP contribution in [0.1, 0.15) is 0 Å². The summed E-state index contributed by atoms with van der Waals surface area (Å²) < 4.78 is 0. The van der Waals surface area contributed by atoms with E-state index in [0.717, 1.165) is 34.1 Å². The van der Waals surface area contributed by atoms with Gasteiger partial charge in [0.2, 0.25) is 0 Å². The number of benzene rings is 10. The molecule has 56 heavy (non-hydrogen) atoms. The van der Waals surface area contributed by atoms with Gasteiger partial charge in [-0.3, -0.25) is 0 Å². The SMILES string of the molecule is c1ccc(N(c2ccccc2)c2ccc(-c3ccc(-c4ccc(N(c5ccccc5)c5ccccc5)c5ccccc45)c4ccccc34)c3ccccc23)cc1. The van der Waals surface area contributed by atoms with Gasteiger partial charge in [0.1, 0.15) is 0 Å². The van der Waals surface area contributed by atoms with E-state index in [2.05, 4.69) is 240 Å². The van der Waals surface area contributed by atoms with E-state index in [-0.39, 0.29) is 0 Å². The molecule has 2 heteroatoms. The number of rotatable bonds is 8. The summed E-state index contributed by atoms with van der Waals surface area (Å²) in [5.74, 6) is 0. The highest BCUT2D eigenvalue weighted by Crippen LogP contribution is 2.46. The number of para-hydroxylation sites is 4. The topological polar surface area (TPSA) is 6.48 Å². The maximum Gasteiger partial charge on any atom is 0.0540 e. The van der Waals surface area contributed by atoms with Crippen molar-refractivity contribution in [3.8, 4) is 22.3 Å². The average molecular weight is 715 g/mol. The summed E-state index contributed by atoms with van der Waals surface area (Å²) in [6.45, 7) is 0. The van der Waals surface area contributed by atoms with Crippen molar-refractivity contribution >= 4 is 66.4 Å². The minimum absolute atomic E-state index is 1.13. The molecule has 264 valence electrons. The Labute approximate surface area is 327 Å². The molecule has 0 amide bonds. The van der Waals surface area contributed by atoms with Gasteiger partial charge < -0.3 is 9.80 Å². The molecule has 0 heterocycles. The summed E-state index contributed by atoms with van der Waals surface area (Å²) in [4.78, 5) is 4.72. The summed E-state index contributed by atoms with van der Waals surface area (Å²) in [5.41, 5.74) is 11.7. The van der Waals surface area contributed by atoms with Gasteiger partial charge >= 0.3 is 0 Å². The fourth-order valence-corrected chi connectivity index (χ4v) is 8.36. The summed E-state index contributed by atoms with van der Waals surface area (Å²) in [7, 11) is 0. The van der Waals surface area contributed by atoms with E-state index in [1.165, 1.54) is 54.6 Å². The second-order valence-corrected chi connectivity index (χ2v) is 14.1. The van der Waals surface area contributed by atoms with E-state index < -0.39 is 0 Å². The van der Waals surface area contributed by atoms with Gasteiger partial charge in [0.05, 0.1) is 11.4 Å². The van der Waals surface area contributed by atoms with E-state index in [0.29, 0.717) is 0 Å². The first kappa shape index (κ1) is 33.2. The lowest BCUT2D eigenvalue weighted by Crippen LogP contribution is -2.10. The maximum absolute atomic E-state index is 2.36. The van der Waals surface area contributed by atoms with Crippen molar-refractivity contribution < 1.29 is 0 Å². The van der Waals surface area contributed by atoms with Crippen molar-refractivity contribution in [2.24, 2.45) is 0 Å². The molecule has 0 fully saturated rings. The molecule has 0 N–H and O–H groups in total. The Kier molecular flexibility index (Phi) is 8.55. The van der Waals surface area contributed by atoms with Crippen molar-refractivity contribution in [3.63, 3.8) is 0 Å². The quantitative estimate of drug-likeness (QED) is 0.155. The number of hydrogen-bond donors (Lipinski definition) is 0. The Morgan fingerprint density at radius 3 is 0.679 bits per heavy atom. The first-order valence-corrected chi connectivity index (χ1v) is 19.2. The molecule has 0 unspecified atom stereocenters. The monoisotopic (exact) mass is 714 g/mol. The highest BCUT2D eigenvalue weighted by atomic mass is 15.1. The molecule has 2 nitrogen and oxygen atoms in total. The second kappa shape index (κ2) is 14.4. The Bertz CT molecular complexity index is 2680. The summed E-state index contributed by atoms with van der Waals surface area (Å²) >= 11 is 0. The zero-order valence-electron chi connectivity index (χ0n) is 30.8. The van der Waals surface area contributed by atoms with Gasteiger partial charge in [0.15, 0.2) is 0 Å². The minimum atomic E-state index is 1.13. The smallest absolute Gasteiger partial charge is 0.0540 e.